The maximum absolute atomic E-state index is 5.76. The van der Waals surface area contributed by atoms with Crippen molar-refractivity contribution in [3.05, 3.63) is 29.3 Å². The first kappa shape index (κ1) is 11.1. The molecule has 0 bridgehead atoms. The van der Waals surface area contributed by atoms with Crippen LogP contribution in [0, 0.1) is 0 Å². The van der Waals surface area contributed by atoms with Crippen LogP contribution in [0.5, 0.6) is 5.75 Å². The molecule has 1 N–H and O–H groups in total. The number of hydrogen-bond acceptors (Lipinski definition) is 3. The molecule has 17 heavy (non-hydrogen) atoms. The van der Waals surface area contributed by atoms with Gasteiger partial charge in [0, 0.05) is 31.6 Å². The highest BCUT2D eigenvalue weighted by molar-refractivity contribution is 5.43. The standard InChI is InChI=1S/C14H20N2O/c1-3-12-5-10-17-14(12)13(4-1)11-16-8-2-6-15-7-9-16/h1,3-4,15H,2,5-11H2. The Kier molecular flexibility index (Phi) is 3.29. The van der Waals surface area contributed by atoms with Gasteiger partial charge in [0.1, 0.15) is 5.75 Å². The van der Waals surface area contributed by atoms with Crippen LogP contribution in [0.25, 0.3) is 0 Å². The third-order valence-corrected chi connectivity index (χ3v) is 3.62. The van der Waals surface area contributed by atoms with Crippen LogP contribution in [-0.4, -0.2) is 37.7 Å². The molecular formula is C14H20N2O. The van der Waals surface area contributed by atoms with Gasteiger partial charge < -0.3 is 10.1 Å². The lowest BCUT2D eigenvalue weighted by Gasteiger charge is -2.20. The average Bonchev–Trinajstić information content (AvgIpc) is 2.69. The Hall–Kier alpha value is -1.06. The highest BCUT2D eigenvalue weighted by atomic mass is 16.5. The fraction of sp³-hybridized carbons (Fsp3) is 0.571. The lowest BCUT2D eigenvalue weighted by atomic mass is 10.1. The van der Waals surface area contributed by atoms with Gasteiger partial charge in [-0.2, -0.15) is 0 Å². The van der Waals surface area contributed by atoms with Crippen molar-refractivity contribution < 1.29 is 4.74 Å². The van der Waals surface area contributed by atoms with E-state index in [0.717, 1.165) is 45.0 Å². The molecule has 0 aliphatic carbocycles. The Morgan fingerprint density at radius 3 is 3.24 bits per heavy atom. The molecule has 0 radical (unpaired) electrons. The van der Waals surface area contributed by atoms with E-state index in [-0.39, 0.29) is 0 Å². The Bertz CT molecular complexity index is 384. The van der Waals surface area contributed by atoms with Crippen molar-refractivity contribution in [2.75, 3.05) is 32.8 Å². The molecule has 1 aromatic rings. The molecule has 1 fully saturated rings. The lowest BCUT2D eigenvalue weighted by Crippen LogP contribution is -2.27. The van der Waals surface area contributed by atoms with Gasteiger partial charge in [-0.3, -0.25) is 4.90 Å². The van der Waals surface area contributed by atoms with Crippen LogP contribution in [0.1, 0.15) is 17.5 Å². The Labute approximate surface area is 103 Å². The minimum atomic E-state index is 0.855. The first-order valence-corrected chi connectivity index (χ1v) is 6.60. The molecule has 0 atom stereocenters. The number of ether oxygens (including phenoxy) is 1. The average molecular weight is 232 g/mol. The summed E-state index contributed by atoms with van der Waals surface area (Å²) in [6, 6.07) is 6.57. The Morgan fingerprint density at radius 2 is 2.24 bits per heavy atom. The lowest BCUT2D eigenvalue weighted by molar-refractivity contribution is 0.276. The zero-order valence-electron chi connectivity index (χ0n) is 10.2. The van der Waals surface area contributed by atoms with Crippen LogP contribution in [-0.2, 0) is 13.0 Å². The highest BCUT2D eigenvalue weighted by Crippen LogP contribution is 2.30. The maximum Gasteiger partial charge on any atom is 0.127 e. The van der Waals surface area contributed by atoms with Gasteiger partial charge in [-0.1, -0.05) is 18.2 Å². The first-order valence-electron chi connectivity index (χ1n) is 6.60. The van der Waals surface area contributed by atoms with E-state index in [9.17, 15) is 0 Å². The van der Waals surface area contributed by atoms with Crippen LogP contribution in [0.2, 0.25) is 0 Å². The van der Waals surface area contributed by atoms with E-state index in [2.05, 4.69) is 28.4 Å². The summed E-state index contributed by atoms with van der Waals surface area (Å²) in [5.41, 5.74) is 2.75. The number of rotatable bonds is 2. The molecular weight excluding hydrogens is 212 g/mol. The molecule has 0 spiro atoms. The molecule has 1 saturated heterocycles. The van der Waals surface area contributed by atoms with Crippen molar-refractivity contribution >= 4 is 0 Å². The number of nitrogens with one attached hydrogen (secondary N) is 1. The van der Waals surface area contributed by atoms with Crippen LogP contribution in [0.4, 0.5) is 0 Å². The summed E-state index contributed by atoms with van der Waals surface area (Å²) in [4.78, 5) is 2.53. The van der Waals surface area contributed by atoms with Gasteiger partial charge >= 0.3 is 0 Å². The van der Waals surface area contributed by atoms with Crippen LogP contribution >= 0.6 is 0 Å². The van der Waals surface area contributed by atoms with Gasteiger partial charge in [0.2, 0.25) is 0 Å². The predicted octanol–water partition coefficient (Wildman–Crippen LogP) is 1.42. The summed E-state index contributed by atoms with van der Waals surface area (Å²) >= 11 is 0. The molecule has 3 nitrogen and oxygen atoms in total. The van der Waals surface area contributed by atoms with E-state index >= 15 is 0 Å². The summed E-state index contributed by atoms with van der Waals surface area (Å²) < 4.78 is 5.76. The normalized spacial score (nSPS) is 20.7. The number of fused-ring (bicyclic) bond motifs is 1. The second kappa shape index (κ2) is 5.07. The number of benzene rings is 1. The minimum Gasteiger partial charge on any atom is -0.493 e. The van der Waals surface area contributed by atoms with Crippen LogP contribution in [0.15, 0.2) is 18.2 Å². The van der Waals surface area contributed by atoms with Crippen molar-refractivity contribution in [3.63, 3.8) is 0 Å². The molecule has 0 amide bonds. The van der Waals surface area contributed by atoms with Gasteiger partial charge in [0.05, 0.1) is 6.61 Å². The number of nitrogens with zero attached hydrogens (tertiary/aromatic N) is 1. The zero-order chi connectivity index (χ0) is 11.5. The second-order valence-electron chi connectivity index (χ2n) is 4.88. The molecule has 2 heterocycles. The molecule has 3 heteroatoms. The largest absolute Gasteiger partial charge is 0.493 e. The smallest absolute Gasteiger partial charge is 0.127 e. The molecule has 92 valence electrons. The third kappa shape index (κ3) is 2.45. The van der Waals surface area contributed by atoms with Crippen molar-refractivity contribution in [3.8, 4) is 5.75 Å². The summed E-state index contributed by atoms with van der Waals surface area (Å²) in [7, 11) is 0. The molecule has 0 unspecified atom stereocenters. The van der Waals surface area contributed by atoms with Crippen molar-refractivity contribution in [1.82, 2.24) is 10.2 Å². The molecule has 0 aromatic heterocycles. The predicted molar refractivity (Wildman–Crippen MR) is 68.4 cm³/mol. The van der Waals surface area contributed by atoms with E-state index in [1.165, 1.54) is 24.1 Å². The maximum atomic E-state index is 5.76. The SMILES string of the molecule is c1cc2c(c(CN3CCCNCC3)c1)OCC2. The summed E-state index contributed by atoms with van der Waals surface area (Å²) in [5, 5.41) is 3.44. The summed E-state index contributed by atoms with van der Waals surface area (Å²) in [6.45, 7) is 6.48. The van der Waals surface area contributed by atoms with Gasteiger partial charge in [0.15, 0.2) is 0 Å². The zero-order valence-corrected chi connectivity index (χ0v) is 10.2. The van der Waals surface area contributed by atoms with E-state index < -0.39 is 0 Å². The highest BCUT2D eigenvalue weighted by Gasteiger charge is 2.18. The molecule has 0 saturated carbocycles. The van der Waals surface area contributed by atoms with Crippen molar-refractivity contribution in [2.24, 2.45) is 0 Å². The summed E-state index contributed by atoms with van der Waals surface area (Å²) in [6.07, 6.45) is 2.32. The van der Waals surface area contributed by atoms with E-state index in [0.29, 0.717) is 0 Å². The molecule has 2 aliphatic rings. The Balaban J connectivity index is 1.74. The van der Waals surface area contributed by atoms with Gasteiger partial charge in [-0.15, -0.1) is 0 Å². The van der Waals surface area contributed by atoms with Crippen molar-refractivity contribution in [1.29, 1.82) is 0 Å². The molecule has 3 rings (SSSR count). The van der Waals surface area contributed by atoms with Crippen molar-refractivity contribution in [2.45, 2.75) is 19.4 Å². The number of hydrogen-bond donors (Lipinski definition) is 1. The number of para-hydroxylation sites is 1. The van der Waals surface area contributed by atoms with Gasteiger partial charge in [0.25, 0.3) is 0 Å². The quantitative estimate of drug-likeness (QED) is 0.834. The third-order valence-electron chi connectivity index (χ3n) is 3.62. The van der Waals surface area contributed by atoms with E-state index in [4.69, 9.17) is 4.74 Å². The second-order valence-corrected chi connectivity index (χ2v) is 4.88. The molecule has 1 aromatic carbocycles. The first-order chi connectivity index (χ1) is 8.43. The topological polar surface area (TPSA) is 24.5 Å². The van der Waals surface area contributed by atoms with E-state index in [1.54, 1.807) is 0 Å². The van der Waals surface area contributed by atoms with Crippen LogP contribution < -0.4 is 10.1 Å². The van der Waals surface area contributed by atoms with Gasteiger partial charge in [-0.05, 0) is 25.1 Å². The fourth-order valence-corrected chi connectivity index (χ4v) is 2.71. The van der Waals surface area contributed by atoms with Gasteiger partial charge in [-0.25, -0.2) is 0 Å². The minimum absolute atomic E-state index is 0.855. The van der Waals surface area contributed by atoms with E-state index in [1.807, 2.05) is 0 Å². The summed E-state index contributed by atoms with van der Waals surface area (Å²) in [5.74, 6) is 1.16. The molecule has 2 aliphatic heterocycles. The van der Waals surface area contributed by atoms with Crippen LogP contribution in [0.3, 0.4) is 0 Å². The monoisotopic (exact) mass is 232 g/mol. The fourth-order valence-electron chi connectivity index (χ4n) is 2.71. The Morgan fingerprint density at radius 1 is 1.24 bits per heavy atom.